The van der Waals surface area contributed by atoms with Gasteiger partial charge in [0.25, 0.3) is 0 Å². The van der Waals surface area contributed by atoms with E-state index in [-0.39, 0.29) is 28.1 Å². The van der Waals surface area contributed by atoms with Crippen LogP contribution in [0.3, 0.4) is 0 Å². The Morgan fingerprint density at radius 1 is 1.12 bits per heavy atom. The number of benzene rings is 1. The monoisotopic (exact) mass is 613 g/mol. The molecule has 12 heteroatoms. The Kier molecular flexibility index (Phi) is 8.87. The van der Waals surface area contributed by atoms with E-state index in [9.17, 15) is 9.59 Å². The molecule has 0 saturated heterocycles. The number of nitrogens with one attached hydrogen (secondary N) is 1. The van der Waals surface area contributed by atoms with Crippen LogP contribution in [0.2, 0.25) is 23.3 Å². The summed E-state index contributed by atoms with van der Waals surface area (Å²) in [5.74, 6) is -0.682. The molecule has 1 saturated carbocycles. The van der Waals surface area contributed by atoms with Crippen LogP contribution in [0.1, 0.15) is 64.4 Å². The second-order valence-electron chi connectivity index (χ2n) is 13.1. The summed E-state index contributed by atoms with van der Waals surface area (Å²) in [5, 5.41) is 2.64. The second kappa shape index (κ2) is 11.8. The van der Waals surface area contributed by atoms with Crippen molar-refractivity contribution in [2.45, 2.75) is 83.8 Å². The summed E-state index contributed by atoms with van der Waals surface area (Å²) in [6, 6.07) is 8.59. The zero-order chi connectivity index (χ0) is 31.0. The van der Waals surface area contributed by atoms with Crippen LogP contribution < -0.4 is 5.32 Å². The van der Waals surface area contributed by atoms with Crippen LogP contribution in [-0.2, 0) is 13.9 Å². The van der Waals surface area contributed by atoms with Crippen LogP contribution in [0, 0.1) is 5.92 Å². The first-order valence-electron chi connectivity index (χ1n) is 14.0. The third kappa shape index (κ3) is 7.01. The van der Waals surface area contributed by atoms with Crippen molar-refractivity contribution in [3.63, 3.8) is 0 Å². The van der Waals surface area contributed by atoms with Gasteiger partial charge in [-0.1, -0.05) is 57.2 Å². The van der Waals surface area contributed by atoms with E-state index in [1.807, 2.05) is 10.6 Å². The highest BCUT2D eigenvalue weighted by Gasteiger charge is 2.44. The SMILES string of the molecule is C=C1[C@H](CO[Si](C)(C)C(C)(C)C)[C@@H](OC(=O)c2ccccc2)C[C@@H]1n1cnc2c(Cl)nc(NC(=O)OC(C)(C)C)nc21. The van der Waals surface area contributed by atoms with Crippen molar-refractivity contribution >= 4 is 49.1 Å². The number of imidazole rings is 1. The number of rotatable bonds is 7. The molecule has 0 unspecified atom stereocenters. The first-order chi connectivity index (χ1) is 19.5. The van der Waals surface area contributed by atoms with E-state index in [0.29, 0.717) is 29.8 Å². The summed E-state index contributed by atoms with van der Waals surface area (Å²) < 4.78 is 19.8. The molecule has 1 N–H and O–H groups in total. The lowest BCUT2D eigenvalue weighted by Crippen LogP contribution is -2.43. The Balaban J connectivity index is 1.65. The number of esters is 1. The molecule has 0 spiro atoms. The average Bonchev–Trinajstić information content (AvgIpc) is 3.42. The molecule has 10 nitrogen and oxygen atoms in total. The number of ether oxygens (including phenoxy) is 2. The molecule has 0 bridgehead atoms. The summed E-state index contributed by atoms with van der Waals surface area (Å²) in [4.78, 5) is 38.7. The minimum absolute atomic E-state index is 0.00824. The van der Waals surface area contributed by atoms with Crippen molar-refractivity contribution in [1.29, 1.82) is 0 Å². The Morgan fingerprint density at radius 2 is 1.79 bits per heavy atom. The van der Waals surface area contributed by atoms with Crippen LogP contribution in [0.4, 0.5) is 10.7 Å². The zero-order valence-corrected chi connectivity index (χ0v) is 27.3. The zero-order valence-electron chi connectivity index (χ0n) is 25.5. The predicted octanol–water partition coefficient (Wildman–Crippen LogP) is 7.19. The van der Waals surface area contributed by atoms with Crippen molar-refractivity contribution in [2.75, 3.05) is 11.9 Å². The van der Waals surface area contributed by atoms with Gasteiger partial charge in [0.1, 0.15) is 17.2 Å². The van der Waals surface area contributed by atoms with Crippen molar-refractivity contribution in [3.8, 4) is 0 Å². The Bertz CT molecular complexity index is 1480. The number of carbonyl (C=O) groups is 2. The summed E-state index contributed by atoms with van der Waals surface area (Å²) >= 11 is 6.45. The van der Waals surface area contributed by atoms with Crippen molar-refractivity contribution in [2.24, 2.45) is 5.92 Å². The van der Waals surface area contributed by atoms with E-state index >= 15 is 0 Å². The number of fused-ring (bicyclic) bond motifs is 1. The lowest BCUT2D eigenvalue weighted by Gasteiger charge is -2.37. The van der Waals surface area contributed by atoms with Crippen LogP contribution in [0.5, 0.6) is 0 Å². The number of halogens is 1. The van der Waals surface area contributed by atoms with E-state index in [1.165, 1.54) is 0 Å². The molecule has 3 atom stereocenters. The molecule has 3 aromatic rings. The average molecular weight is 614 g/mol. The highest BCUT2D eigenvalue weighted by Crippen LogP contribution is 2.44. The Labute approximate surface area is 253 Å². The Morgan fingerprint density at radius 3 is 2.40 bits per heavy atom. The largest absolute Gasteiger partial charge is 0.458 e. The van der Waals surface area contributed by atoms with Crippen molar-refractivity contribution in [1.82, 2.24) is 19.5 Å². The van der Waals surface area contributed by atoms with Gasteiger partial charge in [0, 0.05) is 18.9 Å². The summed E-state index contributed by atoms with van der Waals surface area (Å²) in [5.41, 5.74) is 1.38. The lowest BCUT2D eigenvalue weighted by atomic mass is 10.0. The standard InChI is InChI=1S/C30H40ClN5O5Si/c1-18-20(16-39-42(8,9)30(5,6)7)22(40-26(37)19-13-11-10-12-14-19)15-21(18)36-17-32-23-24(31)33-27(34-25(23)36)35-28(38)41-29(2,3)4/h10-14,17,20-22H,1,15-16H2,2-9H3,(H,33,34,35,38)/t20-,21-,22-/m0/s1. The number of hydrogen-bond acceptors (Lipinski definition) is 8. The maximum atomic E-state index is 13.1. The van der Waals surface area contributed by atoms with Gasteiger partial charge < -0.3 is 18.5 Å². The molecule has 1 fully saturated rings. The number of carbonyl (C=O) groups excluding carboxylic acids is 2. The molecular weight excluding hydrogens is 574 g/mol. The summed E-state index contributed by atoms with van der Waals surface area (Å²) in [6.07, 6.45) is 0.857. The molecule has 1 aliphatic carbocycles. The second-order valence-corrected chi connectivity index (χ2v) is 18.3. The molecule has 2 aromatic heterocycles. The van der Waals surface area contributed by atoms with Gasteiger partial charge in [0.05, 0.1) is 17.9 Å². The lowest BCUT2D eigenvalue weighted by molar-refractivity contribution is 0.0163. The Hall–Kier alpha value is -3.28. The normalized spacial score (nSPS) is 19.6. The van der Waals surface area contributed by atoms with Crippen molar-refractivity contribution < 1.29 is 23.5 Å². The van der Waals surface area contributed by atoms with E-state index in [2.05, 4.69) is 60.7 Å². The summed E-state index contributed by atoms with van der Waals surface area (Å²) in [7, 11) is -2.11. The van der Waals surface area contributed by atoms with Gasteiger partial charge in [-0.05, 0) is 56.6 Å². The third-order valence-electron chi connectivity index (χ3n) is 7.83. The van der Waals surface area contributed by atoms with Crippen LogP contribution in [0.25, 0.3) is 11.2 Å². The minimum atomic E-state index is -2.11. The van der Waals surface area contributed by atoms with Gasteiger partial charge in [-0.2, -0.15) is 9.97 Å². The van der Waals surface area contributed by atoms with Gasteiger partial charge in [-0.3, -0.25) is 5.32 Å². The van der Waals surface area contributed by atoms with Gasteiger partial charge in [0.15, 0.2) is 19.1 Å². The number of hydrogen-bond donors (Lipinski definition) is 1. The van der Waals surface area contributed by atoms with E-state index < -0.39 is 32.1 Å². The molecule has 2 heterocycles. The fourth-order valence-corrected chi connectivity index (χ4v) is 5.76. The van der Waals surface area contributed by atoms with Gasteiger partial charge in [-0.15, -0.1) is 0 Å². The number of aromatic nitrogens is 4. The molecule has 0 radical (unpaired) electrons. The van der Waals surface area contributed by atoms with Gasteiger partial charge >= 0.3 is 12.1 Å². The smallest absolute Gasteiger partial charge is 0.414 e. The topological polar surface area (TPSA) is 117 Å². The first-order valence-corrected chi connectivity index (χ1v) is 17.2. The first kappa shape index (κ1) is 31.6. The highest BCUT2D eigenvalue weighted by atomic mass is 35.5. The van der Waals surface area contributed by atoms with Crippen LogP contribution in [-0.4, -0.2) is 58.2 Å². The maximum absolute atomic E-state index is 13.1. The molecule has 1 aromatic carbocycles. The van der Waals surface area contributed by atoms with Crippen LogP contribution >= 0.6 is 11.6 Å². The predicted molar refractivity (Wildman–Crippen MR) is 165 cm³/mol. The maximum Gasteiger partial charge on any atom is 0.414 e. The molecule has 42 heavy (non-hydrogen) atoms. The summed E-state index contributed by atoms with van der Waals surface area (Å²) in [6.45, 7) is 21.0. The quantitative estimate of drug-likeness (QED) is 0.129. The van der Waals surface area contributed by atoms with Gasteiger partial charge in [0.2, 0.25) is 5.95 Å². The van der Waals surface area contributed by atoms with Gasteiger partial charge in [-0.25, -0.2) is 14.6 Å². The molecule has 1 aliphatic rings. The minimum Gasteiger partial charge on any atom is -0.458 e. The molecular formula is C30H40ClN5O5Si. The number of anilines is 1. The fraction of sp³-hybridized carbons (Fsp3) is 0.500. The highest BCUT2D eigenvalue weighted by molar-refractivity contribution is 6.74. The fourth-order valence-electron chi connectivity index (χ4n) is 4.51. The molecule has 0 aliphatic heterocycles. The molecule has 226 valence electrons. The molecule has 1 amide bonds. The van der Waals surface area contributed by atoms with E-state index in [0.717, 1.165) is 5.57 Å². The third-order valence-corrected chi connectivity index (χ3v) is 12.6. The van der Waals surface area contributed by atoms with E-state index in [1.54, 1.807) is 51.4 Å². The van der Waals surface area contributed by atoms with Crippen molar-refractivity contribution in [3.05, 3.63) is 59.5 Å². The van der Waals surface area contributed by atoms with E-state index in [4.69, 9.17) is 25.5 Å². The molecule has 4 rings (SSSR count). The number of amides is 1. The van der Waals surface area contributed by atoms with Crippen LogP contribution in [0.15, 0.2) is 48.8 Å². The number of nitrogens with zero attached hydrogens (tertiary/aromatic N) is 4.